The van der Waals surface area contributed by atoms with Crippen LogP contribution in [0, 0.1) is 0 Å². The van der Waals surface area contributed by atoms with Gasteiger partial charge in [0, 0.05) is 10.9 Å². The smallest absolute Gasteiger partial charge is 0.207 e. The van der Waals surface area contributed by atoms with Crippen molar-refractivity contribution in [3.8, 4) is 0 Å². The number of hydrogen-bond donors (Lipinski definition) is 1. The fraction of sp³-hybridized carbons (Fsp3) is 0.400. The van der Waals surface area contributed by atoms with Gasteiger partial charge in [-0.15, -0.1) is 0 Å². The van der Waals surface area contributed by atoms with E-state index in [0.29, 0.717) is 13.0 Å². The molecule has 2 rings (SSSR count). The summed E-state index contributed by atoms with van der Waals surface area (Å²) in [6, 6.07) is 8.20. The lowest BCUT2D eigenvalue weighted by Gasteiger charge is -2.23. The maximum absolute atomic E-state index is 10.3. The van der Waals surface area contributed by atoms with Crippen molar-refractivity contribution in [2.75, 3.05) is 0 Å². The molecule has 0 atom stereocenters. The van der Waals surface area contributed by atoms with E-state index in [1.165, 1.54) is 5.56 Å². The molecule has 0 saturated heterocycles. The van der Waals surface area contributed by atoms with Gasteiger partial charge in [0.25, 0.3) is 0 Å². The van der Waals surface area contributed by atoms with E-state index in [4.69, 9.17) is 4.42 Å². The second kappa shape index (κ2) is 4.84. The zero-order chi connectivity index (χ0) is 13.2. The molecule has 0 fully saturated rings. The molecule has 3 heteroatoms. The van der Waals surface area contributed by atoms with Crippen LogP contribution < -0.4 is 5.32 Å². The Hall–Kier alpha value is -1.77. The van der Waals surface area contributed by atoms with Gasteiger partial charge in [0.15, 0.2) is 0 Å². The molecule has 0 saturated carbocycles. The number of rotatable bonds is 5. The molecule has 1 heterocycles. The van der Waals surface area contributed by atoms with Crippen LogP contribution in [0.15, 0.2) is 28.7 Å². The van der Waals surface area contributed by atoms with E-state index < -0.39 is 0 Å². The van der Waals surface area contributed by atoms with Crippen molar-refractivity contribution in [2.45, 2.75) is 39.2 Å². The highest BCUT2D eigenvalue weighted by molar-refractivity contribution is 5.82. The number of benzene rings is 1. The lowest BCUT2D eigenvalue weighted by molar-refractivity contribution is -0.109. The quantitative estimate of drug-likeness (QED) is 0.821. The Morgan fingerprint density at radius 3 is 2.83 bits per heavy atom. The second-order valence-corrected chi connectivity index (χ2v) is 5.17. The first kappa shape index (κ1) is 12.7. The summed E-state index contributed by atoms with van der Waals surface area (Å²) >= 11 is 0. The van der Waals surface area contributed by atoms with E-state index in [9.17, 15) is 4.79 Å². The highest BCUT2D eigenvalue weighted by Crippen LogP contribution is 2.34. The molecular formula is C15H19NO2. The first-order valence-corrected chi connectivity index (χ1v) is 6.27. The van der Waals surface area contributed by atoms with Crippen molar-refractivity contribution in [1.29, 1.82) is 0 Å². The fourth-order valence-corrected chi connectivity index (χ4v) is 2.07. The average molecular weight is 245 g/mol. The van der Waals surface area contributed by atoms with Gasteiger partial charge in [-0.25, -0.2) is 0 Å². The maximum Gasteiger partial charge on any atom is 0.207 e. The Balaban J connectivity index is 2.48. The van der Waals surface area contributed by atoms with Crippen molar-refractivity contribution in [2.24, 2.45) is 0 Å². The van der Waals surface area contributed by atoms with Crippen LogP contribution in [0.4, 0.5) is 0 Å². The minimum atomic E-state index is 0.0900. The molecule has 1 N–H and O–H groups in total. The predicted octanol–water partition coefficient (Wildman–Crippen LogP) is 3.37. The average Bonchev–Trinajstić information content (AvgIpc) is 2.78. The molecule has 1 amide bonds. The highest BCUT2D eigenvalue weighted by atomic mass is 16.3. The Kier molecular flexibility index (Phi) is 3.41. The van der Waals surface area contributed by atoms with Gasteiger partial charge < -0.3 is 9.73 Å². The van der Waals surface area contributed by atoms with E-state index in [2.05, 4.69) is 38.2 Å². The molecule has 1 aromatic heterocycles. The van der Waals surface area contributed by atoms with Gasteiger partial charge in [-0.05, 0) is 17.9 Å². The van der Waals surface area contributed by atoms with Gasteiger partial charge in [0.1, 0.15) is 11.3 Å². The first-order valence-electron chi connectivity index (χ1n) is 6.27. The third-order valence-corrected chi connectivity index (χ3v) is 3.57. The normalized spacial score (nSPS) is 11.7. The van der Waals surface area contributed by atoms with E-state index >= 15 is 0 Å². The number of furan rings is 1. The number of carbonyl (C=O) groups excluding carboxylic acids is 1. The van der Waals surface area contributed by atoms with Crippen molar-refractivity contribution in [3.05, 3.63) is 35.6 Å². The van der Waals surface area contributed by atoms with E-state index in [0.717, 1.165) is 23.2 Å². The summed E-state index contributed by atoms with van der Waals surface area (Å²) in [6.07, 6.45) is 1.73. The van der Waals surface area contributed by atoms with Crippen LogP contribution in [0.1, 0.15) is 38.5 Å². The van der Waals surface area contributed by atoms with Gasteiger partial charge in [0.05, 0.1) is 6.54 Å². The lowest BCUT2D eigenvalue weighted by atomic mass is 9.81. The van der Waals surface area contributed by atoms with E-state index in [1.807, 2.05) is 12.1 Å². The van der Waals surface area contributed by atoms with Gasteiger partial charge in [-0.2, -0.15) is 0 Å². The monoisotopic (exact) mass is 245 g/mol. The Morgan fingerprint density at radius 1 is 1.39 bits per heavy atom. The van der Waals surface area contributed by atoms with Gasteiger partial charge in [0.2, 0.25) is 6.41 Å². The molecule has 1 aromatic carbocycles. The molecule has 96 valence electrons. The summed E-state index contributed by atoms with van der Waals surface area (Å²) in [5.74, 6) is 0.788. The summed E-state index contributed by atoms with van der Waals surface area (Å²) in [7, 11) is 0. The van der Waals surface area contributed by atoms with Crippen molar-refractivity contribution < 1.29 is 9.21 Å². The molecule has 0 radical (unpaired) electrons. The maximum atomic E-state index is 10.3. The summed E-state index contributed by atoms with van der Waals surface area (Å²) in [5.41, 5.74) is 2.25. The molecule has 0 aliphatic rings. The number of carbonyl (C=O) groups is 1. The molecule has 3 nitrogen and oxygen atoms in total. The standard InChI is InChI=1S/C15H19NO2/c1-4-15(2,3)13-7-5-6-11-8-12(9-16-10-17)18-14(11)13/h5-8,10H,4,9H2,1-3H3,(H,16,17). The third kappa shape index (κ3) is 2.26. The SMILES string of the molecule is CCC(C)(C)c1cccc2cc(CNC=O)oc12. The Morgan fingerprint density at radius 2 is 2.17 bits per heavy atom. The van der Waals surface area contributed by atoms with Crippen LogP contribution in [0.2, 0.25) is 0 Å². The minimum Gasteiger partial charge on any atom is -0.459 e. The van der Waals surface area contributed by atoms with E-state index in [-0.39, 0.29) is 5.41 Å². The van der Waals surface area contributed by atoms with Crippen molar-refractivity contribution in [1.82, 2.24) is 5.32 Å². The number of amides is 1. The molecule has 0 aliphatic heterocycles. The molecule has 0 unspecified atom stereocenters. The molecule has 0 aliphatic carbocycles. The van der Waals surface area contributed by atoms with Crippen LogP contribution >= 0.6 is 0 Å². The second-order valence-electron chi connectivity index (χ2n) is 5.17. The summed E-state index contributed by atoms with van der Waals surface area (Å²) < 4.78 is 5.87. The zero-order valence-corrected chi connectivity index (χ0v) is 11.1. The van der Waals surface area contributed by atoms with Crippen LogP contribution in [-0.2, 0) is 16.8 Å². The lowest BCUT2D eigenvalue weighted by Crippen LogP contribution is -2.15. The molecule has 0 spiro atoms. The highest BCUT2D eigenvalue weighted by Gasteiger charge is 2.22. The van der Waals surface area contributed by atoms with Crippen molar-refractivity contribution >= 4 is 17.4 Å². The number of para-hydroxylation sites is 1. The molecule has 2 aromatic rings. The Labute approximate surface area is 107 Å². The van der Waals surface area contributed by atoms with Crippen LogP contribution in [0.3, 0.4) is 0 Å². The predicted molar refractivity (Wildman–Crippen MR) is 72.4 cm³/mol. The van der Waals surface area contributed by atoms with Gasteiger partial charge in [-0.1, -0.05) is 39.0 Å². The van der Waals surface area contributed by atoms with Crippen LogP contribution in [0.25, 0.3) is 11.0 Å². The number of hydrogen-bond acceptors (Lipinski definition) is 2. The summed E-state index contributed by atoms with van der Waals surface area (Å²) in [5, 5.41) is 3.72. The molecular weight excluding hydrogens is 226 g/mol. The minimum absolute atomic E-state index is 0.0900. The molecule has 0 bridgehead atoms. The zero-order valence-electron chi connectivity index (χ0n) is 11.1. The summed E-state index contributed by atoms with van der Waals surface area (Å²) in [4.78, 5) is 10.3. The largest absolute Gasteiger partial charge is 0.459 e. The number of nitrogens with one attached hydrogen (secondary N) is 1. The molecule has 18 heavy (non-hydrogen) atoms. The van der Waals surface area contributed by atoms with Crippen molar-refractivity contribution in [3.63, 3.8) is 0 Å². The first-order chi connectivity index (χ1) is 8.58. The topological polar surface area (TPSA) is 42.2 Å². The van der Waals surface area contributed by atoms with Crippen LogP contribution in [-0.4, -0.2) is 6.41 Å². The van der Waals surface area contributed by atoms with E-state index in [1.54, 1.807) is 0 Å². The van der Waals surface area contributed by atoms with Crippen LogP contribution in [0.5, 0.6) is 0 Å². The van der Waals surface area contributed by atoms with Gasteiger partial charge >= 0.3 is 0 Å². The Bertz CT molecular complexity index is 555. The van der Waals surface area contributed by atoms with Gasteiger partial charge in [-0.3, -0.25) is 4.79 Å². The third-order valence-electron chi connectivity index (χ3n) is 3.57. The number of fused-ring (bicyclic) bond motifs is 1. The summed E-state index contributed by atoms with van der Waals surface area (Å²) in [6.45, 7) is 7.04. The fourth-order valence-electron chi connectivity index (χ4n) is 2.07.